The van der Waals surface area contributed by atoms with E-state index in [1.165, 1.54) is 0 Å². The van der Waals surface area contributed by atoms with Crippen LogP contribution in [0.25, 0.3) is 0 Å². The monoisotopic (exact) mass is 182 g/mol. The zero-order valence-electron chi connectivity index (χ0n) is 6.70. The molecule has 0 aromatic heterocycles. The summed E-state index contributed by atoms with van der Waals surface area (Å²) in [4.78, 5) is 0.479. The molecule has 0 radical (unpaired) electrons. The van der Waals surface area contributed by atoms with Gasteiger partial charge in [-0.15, -0.1) is 0 Å². The van der Waals surface area contributed by atoms with Crippen LogP contribution in [0.1, 0.15) is 5.56 Å². The van der Waals surface area contributed by atoms with Crippen molar-refractivity contribution in [3.05, 3.63) is 29.8 Å². The largest absolute Gasteiger partial charge is 0.496 e. The quantitative estimate of drug-likeness (QED) is 0.404. The van der Waals surface area contributed by atoms with Crippen molar-refractivity contribution in [1.82, 2.24) is 5.43 Å². The molecule has 3 nitrogen and oxygen atoms in total. The Kier molecular flexibility index (Phi) is 3.01. The van der Waals surface area contributed by atoms with Crippen molar-refractivity contribution >= 4 is 17.2 Å². The minimum Gasteiger partial charge on any atom is -0.496 e. The fourth-order valence-electron chi connectivity index (χ4n) is 0.910. The van der Waals surface area contributed by atoms with Gasteiger partial charge in [0, 0.05) is 0 Å². The molecule has 0 saturated heterocycles. The molecule has 0 atom stereocenters. The van der Waals surface area contributed by atoms with Gasteiger partial charge in [0.25, 0.3) is 0 Å². The first-order valence-corrected chi connectivity index (χ1v) is 3.84. The van der Waals surface area contributed by atoms with Crippen LogP contribution in [0.3, 0.4) is 0 Å². The lowest BCUT2D eigenvalue weighted by molar-refractivity contribution is 0.414. The zero-order valence-corrected chi connectivity index (χ0v) is 7.52. The maximum absolute atomic E-state index is 5.18. The van der Waals surface area contributed by atoms with E-state index in [2.05, 4.69) is 5.43 Å². The molecule has 0 unspecified atom stereocenters. The normalized spacial score (nSPS) is 9.17. The van der Waals surface area contributed by atoms with E-state index < -0.39 is 0 Å². The average molecular weight is 182 g/mol. The van der Waals surface area contributed by atoms with Crippen molar-refractivity contribution in [2.45, 2.75) is 0 Å². The predicted octanol–water partition coefficient (Wildman–Crippen LogP) is 0.834. The SMILES string of the molecule is COc1ccccc1C(=S)NN. The molecule has 0 amide bonds. The number of hydrogen-bond donors (Lipinski definition) is 2. The van der Waals surface area contributed by atoms with Crippen molar-refractivity contribution in [1.29, 1.82) is 0 Å². The van der Waals surface area contributed by atoms with Crippen LogP contribution in [0.2, 0.25) is 0 Å². The van der Waals surface area contributed by atoms with Gasteiger partial charge in [0.05, 0.1) is 12.7 Å². The average Bonchev–Trinajstić information content (AvgIpc) is 2.16. The van der Waals surface area contributed by atoms with E-state index in [9.17, 15) is 0 Å². The first kappa shape index (κ1) is 8.96. The van der Waals surface area contributed by atoms with E-state index in [4.69, 9.17) is 22.8 Å². The van der Waals surface area contributed by atoms with E-state index in [0.29, 0.717) is 4.99 Å². The molecule has 12 heavy (non-hydrogen) atoms. The number of methoxy groups -OCH3 is 1. The molecular weight excluding hydrogens is 172 g/mol. The van der Waals surface area contributed by atoms with E-state index in [-0.39, 0.29) is 0 Å². The number of hydrazine groups is 1. The van der Waals surface area contributed by atoms with Gasteiger partial charge in [-0.2, -0.15) is 0 Å². The van der Waals surface area contributed by atoms with Gasteiger partial charge < -0.3 is 10.2 Å². The highest BCUT2D eigenvalue weighted by Crippen LogP contribution is 2.16. The Hall–Kier alpha value is -1.13. The number of ether oxygens (including phenoxy) is 1. The summed E-state index contributed by atoms with van der Waals surface area (Å²) in [6, 6.07) is 7.43. The summed E-state index contributed by atoms with van der Waals surface area (Å²) in [7, 11) is 1.60. The first-order valence-electron chi connectivity index (χ1n) is 3.43. The number of benzene rings is 1. The van der Waals surface area contributed by atoms with Crippen LogP contribution in [0, 0.1) is 0 Å². The predicted molar refractivity (Wildman–Crippen MR) is 52.0 cm³/mol. The third kappa shape index (κ3) is 1.72. The molecule has 0 spiro atoms. The smallest absolute Gasteiger partial charge is 0.129 e. The van der Waals surface area contributed by atoms with Crippen LogP contribution in [0.15, 0.2) is 24.3 Å². The van der Waals surface area contributed by atoms with Crippen molar-refractivity contribution < 1.29 is 4.74 Å². The molecule has 1 aromatic carbocycles. The molecular formula is C8H10N2OS. The number of para-hydroxylation sites is 1. The molecule has 4 heteroatoms. The van der Waals surface area contributed by atoms with Crippen molar-refractivity contribution in [3.8, 4) is 5.75 Å². The zero-order chi connectivity index (χ0) is 8.97. The summed E-state index contributed by atoms with van der Waals surface area (Å²) in [6.07, 6.45) is 0. The Morgan fingerprint density at radius 1 is 1.50 bits per heavy atom. The van der Waals surface area contributed by atoms with E-state index in [0.717, 1.165) is 11.3 Å². The minimum atomic E-state index is 0.479. The second-order valence-corrected chi connectivity index (χ2v) is 2.58. The van der Waals surface area contributed by atoms with Crippen molar-refractivity contribution in [2.75, 3.05) is 7.11 Å². The highest BCUT2D eigenvalue weighted by atomic mass is 32.1. The number of nitrogens with two attached hydrogens (primary N) is 1. The highest BCUT2D eigenvalue weighted by molar-refractivity contribution is 7.80. The Labute approximate surface area is 76.5 Å². The van der Waals surface area contributed by atoms with E-state index >= 15 is 0 Å². The third-order valence-corrected chi connectivity index (χ3v) is 1.82. The second-order valence-electron chi connectivity index (χ2n) is 2.17. The fourth-order valence-corrected chi connectivity index (χ4v) is 1.08. The number of nitrogens with one attached hydrogen (secondary N) is 1. The molecule has 0 heterocycles. The van der Waals surface area contributed by atoms with Crippen molar-refractivity contribution in [3.63, 3.8) is 0 Å². The Bertz CT molecular complexity index is 288. The number of thiocarbonyl (C=S) groups is 1. The van der Waals surface area contributed by atoms with Gasteiger partial charge in [-0.05, 0) is 12.1 Å². The van der Waals surface area contributed by atoms with Gasteiger partial charge in [-0.3, -0.25) is 0 Å². The molecule has 1 rings (SSSR count). The van der Waals surface area contributed by atoms with Crippen LogP contribution in [0.5, 0.6) is 5.75 Å². The Morgan fingerprint density at radius 2 is 2.17 bits per heavy atom. The Balaban J connectivity index is 3.04. The van der Waals surface area contributed by atoms with Gasteiger partial charge >= 0.3 is 0 Å². The van der Waals surface area contributed by atoms with Crippen LogP contribution in [0.4, 0.5) is 0 Å². The lowest BCUT2D eigenvalue weighted by Gasteiger charge is -2.07. The van der Waals surface area contributed by atoms with E-state index in [1.807, 2.05) is 24.3 Å². The third-order valence-electron chi connectivity index (χ3n) is 1.48. The van der Waals surface area contributed by atoms with Crippen LogP contribution >= 0.6 is 12.2 Å². The Morgan fingerprint density at radius 3 is 2.75 bits per heavy atom. The maximum atomic E-state index is 5.18. The standard InChI is InChI=1S/C8H10N2OS/c1-11-7-5-3-2-4-6(7)8(12)10-9/h2-5H,9H2,1H3,(H,10,12). The van der Waals surface area contributed by atoms with Gasteiger partial charge in [-0.25, -0.2) is 5.84 Å². The molecule has 0 fully saturated rings. The highest BCUT2D eigenvalue weighted by Gasteiger charge is 2.04. The summed E-state index contributed by atoms with van der Waals surface area (Å²) in [5.41, 5.74) is 3.21. The minimum absolute atomic E-state index is 0.479. The molecule has 1 aromatic rings. The van der Waals surface area contributed by atoms with Crippen LogP contribution in [-0.2, 0) is 0 Å². The van der Waals surface area contributed by atoms with Crippen LogP contribution in [-0.4, -0.2) is 12.1 Å². The van der Waals surface area contributed by atoms with Crippen molar-refractivity contribution in [2.24, 2.45) is 5.84 Å². The number of rotatable bonds is 2. The fraction of sp³-hybridized carbons (Fsp3) is 0.125. The van der Waals surface area contributed by atoms with E-state index in [1.54, 1.807) is 7.11 Å². The molecule has 0 bridgehead atoms. The van der Waals surface area contributed by atoms with Gasteiger partial charge in [0.1, 0.15) is 10.7 Å². The first-order chi connectivity index (χ1) is 5.79. The second kappa shape index (κ2) is 4.04. The summed E-state index contributed by atoms with van der Waals surface area (Å²) in [6.45, 7) is 0. The summed E-state index contributed by atoms with van der Waals surface area (Å²) >= 11 is 4.96. The topological polar surface area (TPSA) is 47.3 Å². The lowest BCUT2D eigenvalue weighted by atomic mass is 10.2. The molecule has 0 aliphatic rings. The number of hydrogen-bond acceptors (Lipinski definition) is 3. The lowest BCUT2D eigenvalue weighted by Crippen LogP contribution is -2.29. The molecule has 0 aliphatic carbocycles. The summed E-state index contributed by atoms with van der Waals surface area (Å²) in [5.74, 6) is 5.90. The van der Waals surface area contributed by atoms with Gasteiger partial charge in [-0.1, -0.05) is 24.4 Å². The summed E-state index contributed by atoms with van der Waals surface area (Å²) in [5, 5.41) is 0. The van der Waals surface area contributed by atoms with Gasteiger partial charge in [0.15, 0.2) is 0 Å². The maximum Gasteiger partial charge on any atom is 0.129 e. The summed E-state index contributed by atoms with van der Waals surface area (Å²) < 4.78 is 5.09. The molecule has 0 saturated carbocycles. The molecule has 64 valence electrons. The molecule has 0 aliphatic heterocycles. The van der Waals surface area contributed by atoms with Gasteiger partial charge in [0.2, 0.25) is 0 Å². The molecule has 3 N–H and O–H groups in total. The van der Waals surface area contributed by atoms with Crippen LogP contribution < -0.4 is 16.0 Å².